The molecule has 1 fully saturated rings. The van der Waals surface area contributed by atoms with E-state index in [1.54, 1.807) is 0 Å². The molecule has 0 bridgehead atoms. The molecule has 1 heterocycles. The van der Waals surface area contributed by atoms with Crippen molar-refractivity contribution in [2.45, 2.75) is 57.1 Å². The molecular weight excluding hydrogens is 312 g/mol. The van der Waals surface area contributed by atoms with E-state index in [0.29, 0.717) is 5.69 Å². The first-order valence-corrected chi connectivity index (χ1v) is 8.04. The molecule has 24 heavy (non-hydrogen) atoms. The van der Waals surface area contributed by atoms with Crippen LogP contribution in [0.5, 0.6) is 0 Å². The summed E-state index contributed by atoms with van der Waals surface area (Å²) in [5.74, 6) is 0.0407. The van der Waals surface area contributed by atoms with Crippen molar-refractivity contribution in [3.8, 4) is 6.07 Å². The normalized spacial score (nSPS) is 16.2. The van der Waals surface area contributed by atoms with E-state index in [1.165, 1.54) is 0 Å². The second kappa shape index (κ2) is 8.34. The molecular formula is C15H20N6O3. The Morgan fingerprint density at radius 3 is 2.75 bits per heavy atom. The molecule has 1 atom stereocenters. The van der Waals surface area contributed by atoms with Crippen LogP contribution in [-0.2, 0) is 6.54 Å². The maximum absolute atomic E-state index is 12.5. The Morgan fingerprint density at radius 2 is 2.12 bits per heavy atom. The third-order valence-corrected chi connectivity index (χ3v) is 4.38. The van der Waals surface area contributed by atoms with Crippen LogP contribution in [0.15, 0.2) is 14.7 Å². The predicted molar refractivity (Wildman–Crippen MR) is 86.5 cm³/mol. The van der Waals surface area contributed by atoms with Gasteiger partial charge in [-0.05, 0) is 24.8 Å². The monoisotopic (exact) mass is 332 g/mol. The zero-order valence-corrected chi connectivity index (χ0v) is 13.3. The number of hydrogen-bond acceptors (Lipinski definition) is 5. The van der Waals surface area contributed by atoms with Crippen LogP contribution in [0.4, 0.5) is 0 Å². The van der Waals surface area contributed by atoms with Gasteiger partial charge in [0.15, 0.2) is 0 Å². The summed E-state index contributed by atoms with van der Waals surface area (Å²) in [5.41, 5.74) is 7.43. The van der Waals surface area contributed by atoms with E-state index in [9.17, 15) is 20.0 Å². The van der Waals surface area contributed by atoms with Crippen LogP contribution in [0.3, 0.4) is 0 Å². The van der Waals surface area contributed by atoms with Gasteiger partial charge in [-0.3, -0.25) is 9.36 Å². The number of aliphatic hydroxyl groups is 1. The molecule has 128 valence electrons. The third-order valence-electron chi connectivity index (χ3n) is 4.38. The summed E-state index contributed by atoms with van der Waals surface area (Å²) in [6.07, 6.45) is 4.02. The smallest absolute Gasteiger partial charge is 0.328 e. The van der Waals surface area contributed by atoms with Crippen molar-refractivity contribution in [1.82, 2.24) is 9.55 Å². The molecule has 1 saturated carbocycles. The number of aliphatic hydroxyl groups excluding tert-OH is 1. The fourth-order valence-corrected chi connectivity index (χ4v) is 3.10. The fourth-order valence-electron chi connectivity index (χ4n) is 3.10. The highest BCUT2D eigenvalue weighted by atomic mass is 16.3. The van der Waals surface area contributed by atoms with Crippen LogP contribution < -0.4 is 11.2 Å². The number of aromatic amines is 1. The van der Waals surface area contributed by atoms with Crippen LogP contribution >= 0.6 is 0 Å². The van der Waals surface area contributed by atoms with Crippen molar-refractivity contribution < 1.29 is 5.11 Å². The van der Waals surface area contributed by atoms with Gasteiger partial charge in [-0.25, -0.2) is 4.79 Å². The van der Waals surface area contributed by atoms with Gasteiger partial charge in [0.2, 0.25) is 0 Å². The summed E-state index contributed by atoms with van der Waals surface area (Å²) >= 11 is 0. The lowest BCUT2D eigenvalue weighted by atomic mass is 9.85. The van der Waals surface area contributed by atoms with E-state index >= 15 is 0 Å². The molecule has 9 nitrogen and oxygen atoms in total. The molecule has 1 aliphatic carbocycles. The van der Waals surface area contributed by atoms with Gasteiger partial charge >= 0.3 is 5.69 Å². The van der Waals surface area contributed by atoms with Crippen molar-refractivity contribution in [3.63, 3.8) is 0 Å². The lowest BCUT2D eigenvalue weighted by molar-refractivity contribution is 0.165. The highest BCUT2D eigenvalue weighted by molar-refractivity contribution is 5.33. The molecule has 2 rings (SSSR count). The molecule has 0 spiro atoms. The zero-order chi connectivity index (χ0) is 17.5. The standard InChI is InChI=1S/C15H20N6O3/c16-8-12-13(10-4-2-1-3-5-10)19-15(24)21(14(12)23)7-6-11(22)9-18-20-17/h10-11,22H,1-7,9H2,(H,19,24). The van der Waals surface area contributed by atoms with Gasteiger partial charge in [0, 0.05) is 23.1 Å². The first kappa shape index (κ1) is 17.8. The number of hydrogen-bond donors (Lipinski definition) is 2. The minimum absolute atomic E-state index is 0.0222. The van der Waals surface area contributed by atoms with Crippen LogP contribution in [0.25, 0.3) is 10.4 Å². The molecule has 0 aromatic carbocycles. The van der Waals surface area contributed by atoms with Gasteiger partial charge < -0.3 is 10.1 Å². The van der Waals surface area contributed by atoms with Crippen molar-refractivity contribution in [3.05, 3.63) is 42.5 Å². The average Bonchev–Trinajstić information content (AvgIpc) is 2.60. The van der Waals surface area contributed by atoms with E-state index in [1.807, 2.05) is 6.07 Å². The summed E-state index contributed by atoms with van der Waals surface area (Å²) in [7, 11) is 0. The van der Waals surface area contributed by atoms with Crippen molar-refractivity contribution >= 4 is 0 Å². The Morgan fingerprint density at radius 1 is 1.42 bits per heavy atom. The van der Waals surface area contributed by atoms with Gasteiger partial charge in [-0.15, -0.1) is 0 Å². The molecule has 1 unspecified atom stereocenters. The lowest BCUT2D eigenvalue weighted by Crippen LogP contribution is -2.39. The van der Waals surface area contributed by atoms with Gasteiger partial charge in [0.25, 0.3) is 5.56 Å². The van der Waals surface area contributed by atoms with E-state index < -0.39 is 17.4 Å². The highest BCUT2D eigenvalue weighted by Gasteiger charge is 2.23. The second-order valence-corrected chi connectivity index (χ2v) is 5.98. The number of aromatic nitrogens is 2. The van der Waals surface area contributed by atoms with Crippen LogP contribution in [0, 0.1) is 11.3 Å². The second-order valence-electron chi connectivity index (χ2n) is 5.98. The van der Waals surface area contributed by atoms with Gasteiger partial charge in [-0.1, -0.05) is 24.4 Å². The first-order valence-electron chi connectivity index (χ1n) is 8.04. The Bertz CT molecular complexity index is 778. The molecule has 0 radical (unpaired) electrons. The zero-order valence-electron chi connectivity index (χ0n) is 13.3. The SMILES string of the molecule is N#Cc1c(C2CCCCC2)[nH]c(=O)n(CCC(O)CN=[N+]=[N-])c1=O. The van der Waals surface area contributed by atoms with Crippen molar-refractivity contribution in [1.29, 1.82) is 5.26 Å². The maximum atomic E-state index is 12.5. The van der Waals surface area contributed by atoms with Crippen LogP contribution in [0.1, 0.15) is 55.7 Å². The molecule has 1 aromatic heterocycles. The van der Waals surface area contributed by atoms with E-state index in [4.69, 9.17) is 5.53 Å². The Hall–Kier alpha value is -2.56. The largest absolute Gasteiger partial charge is 0.393 e. The Kier molecular flexibility index (Phi) is 6.18. The number of rotatable bonds is 6. The number of H-pyrrole nitrogens is 1. The molecule has 1 aromatic rings. The summed E-state index contributed by atoms with van der Waals surface area (Å²) < 4.78 is 0.921. The van der Waals surface area contributed by atoms with E-state index in [-0.39, 0.29) is 31.0 Å². The first-order chi connectivity index (χ1) is 11.6. The van der Waals surface area contributed by atoms with E-state index in [2.05, 4.69) is 15.0 Å². The quantitative estimate of drug-likeness (QED) is 0.461. The number of nitriles is 1. The summed E-state index contributed by atoms with van der Waals surface area (Å²) in [4.78, 5) is 29.9. The van der Waals surface area contributed by atoms with Crippen molar-refractivity contribution in [2.75, 3.05) is 6.54 Å². The van der Waals surface area contributed by atoms with Gasteiger partial charge in [0.05, 0.1) is 12.6 Å². The molecule has 0 aliphatic heterocycles. The number of nitrogens with zero attached hydrogens (tertiary/aromatic N) is 5. The van der Waals surface area contributed by atoms with Crippen molar-refractivity contribution in [2.24, 2.45) is 5.11 Å². The predicted octanol–water partition coefficient (Wildman–Crippen LogP) is 1.52. The maximum Gasteiger partial charge on any atom is 0.328 e. The molecule has 0 saturated heterocycles. The lowest BCUT2D eigenvalue weighted by Gasteiger charge is -2.22. The summed E-state index contributed by atoms with van der Waals surface area (Å²) in [5, 5.41) is 22.2. The summed E-state index contributed by atoms with van der Waals surface area (Å²) in [6, 6.07) is 1.92. The van der Waals surface area contributed by atoms with Crippen LogP contribution in [0.2, 0.25) is 0 Å². The molecule has 0 amide bonds. The Labute approximate surface area is 138 Å². The minimum Gasteiger partial charge on any atom is -0.393 e. The molecule has 1 aliphatic rings. The van der Waals surface area contributed by atoms with Crippen LogP contribution in [-0.4, -0.2) is 27.3 Å². The third kappa shape index (κ3) is 4.04. The number of azide groups is 1. The van der Waals surface area contributed by atoms with Gasteiger partial charge in [-0.2, -0.15) is 5.26 Å². The highest BCUT2D eigenvalue weighted by Crippen LogP contribution is 2.31. The fraction of sp³-hybridized carbons (Fsp3) is 0.667. The minimum atomic E-state index is -0.948. The average molecular weight is 332 g/mol. The topological polar surface area (TPSA) is 148 Å². The molecule has 9 heteroatoms. The molecule has 2 N–H and O–H groups in total. The Balaban J connectivity index is 2.28. The summed E-state index contributed by atoms with van der Waals surface area (Å²) in [6.45, 7) is -0.176. The number of nitrogens with one attached hydrogen (secondary N) is 1. The van der Waals surface area contributed by atoms with E-state index in [0.717, 1.165) is 36.7 Å². The van der Waals surface area contributed by atoms with Gasteiger partial charge in [0.1, 0.15) is 11.6 Å².